The molecule has 2 atom stereocenters. The highest BCUT2D eigenvalue weighted by Crippen LogP contribution is 2.16. The van der Waals surface area contributed by atoms with E-state index in [-0.39, 0.29) is 24.4 Å². The maximum Gasteiger partial charge on any atom is 0.239 e. The van der Waals surface area contributed by atoms with Crippen LogP contribution in [0, 0.1) is 5.92 Å². The number of carbonyl (C=O) groups excluding carboxylic acids is 2. The molecule has 116 valence electrons. The Morgan fingerprint density at radius 1 is 1.45 bits per heavy atom. The molecule has 0 aromatic heterocycles. The van der Waals surface area contributed by atoms with Gasteiger partial charge in [-0.1, -0.05) is 6.92 Å². The third-order valence-electron chi connectivity index (χ3n) is 3.57. The van der Waals surface area contributed by atoms with E-state index >= 15 is 0 Å². The van der Waals surface area contributed by atoms with E-state index in [1.54, 1.807) is 14.2 Å². The molecule has 20 heavy (non-hydrogen) atoms. The summed E-state index contributed by atoms with van der Waals surface area (Å²) in [6, 6.07) is -0.148. The molecule has 1 heterocycles. The van der Waals surface area contributed by atoms with E-state index in [1.807, 2.05) is 0 Å². The number of hydrogen-bond donors (Lipinski definition) is 2. The minimum atomic E-state index is -0.148. The summed E-state index contributed by atoms with van der Waals surface area (Å²) in [4.78, 5) is 25.4. The molecule has 1 aliphatic rings. The Morgan fingerprint density at radius 3 is 2.85 bits per heavy atom. The monoisotopic (exact) mass is 285 g/mol. The molecule has 0 saturated carbocycles. The first kappa shape index (κ1) is 16.9. The summed E-state index contributed by atoms with van der Waals surface area (Å²) in [5.74, 6) is 0.436. The highest BCUT2D eigenvalue weighted by atomic mass is 16.5. The Balaban J connectivity index is 2.28. The van der Waals surface area contributed by atoms with Gasteiger partial charge in [0.05, 0.1) is 12.6 Å². The number of piperidine rings is 1. The lowest BCUT2D eigenvalue weighted by atomic mass is 9.93. The van der Waals surface area contributed by atoms with Gasteiger partial charge in [0, 0.05) is 27.3 Å². The number of amides is 2. The smallest absolute Gasteiger partial charge is 0.239 e. The van der Waals surface area contributed by atoms with Gasteiger partial charge < -0.3 is 20.3 Å². The van der Waals surface area contributed by atoms with Gasteiger partial charge in [-0.3, -0.25) is 9.59 Å². The van der Waals surface area contributed by atoms with Gasteiger partial charge in [0.15, 0.2) is 0 Å². The molecule has 0 radical (unpaired) electrons. The van der Waals surface area contributed by atoms with Crippen molar-refractivity contribution in [2.24, 2.45) is 5.92 Å². The van der Waals surface area contributed by atoms with Crippen LogP contribution in [-0.2, 0) is 14.3 Å². The molecule has 6 heteroatoms. The number of rotatable bonds is 7. The number of methoxy groups -OCH3 is 1. The van der Waals surface area contributed by atoms with E-state index in [0.717, 1.165) is 25.8 Å². The maximum atomic E-state index is 12.2. The lowest BCUT2D eigenvalue weighted by Crippen LogP contribution is -2.51. The molecule has 0 aromatic rings. The molecular weight excluding hydrogens is 258 g/mol. The average Bonchev–Trinajstić information content (AvgIpc) is 2.42. The van der Waals surface area contributed by atoms with Gasteiger partial charge in [0.1, 0.15) is 0 Å². The van der Waals surface area contributed by atoms with Gasteiger partial charge in [0.2, 0.25) is 11.8 Å². The predicted octanol–water partition coefficient (Wildman–Crippen LogP) is -0.0144. The van der Waals surface area contributed by atoms with Gasteiger partial charge in [0.25, 0.3) is 0 Å². The van der Waals surface area contributed by atoms with Crippen LogP contribution in [-0.4, -0.2) is 63.2 Å². The number of carbonyl (C=O) groups is 2. The predicted molar refractivity (Wildman–Crippen MR) is 77.3 cm³/mol. The third kappa shape index (κ3) is 5.88. The lowest BCUT2D eigenvalue weighted by molar-refractivity contribution is -0.137. The summed E-state index contributed by atoms with van der Waals surface area (Å²) in [6.45, 7) is 4.34. The first-order valence-corrected chi connectivity index (χ1v) is 7.28. The van der Waals surface area contributed by atoms with E-state index < -0.39 is 0 Å². The van der Waals surface area contributed by atoms with Crippen LogP contribution in [0.1, 0.15) is 26.2 Å². The average molecular weight is 285 g/mol. The van der Waals surface area contributed by atoms with E-state index in [4.69, 9.17) is 4.74 Å². The van der Waals surface area contributed by atoms with Crippen LogP contribution in [0.2, 0.25) is 0 Å². The topological polar surface area (TPSA) is 70.7 Å². The van der Waals surface area contributed by atoms with Crippen molar-refractivity contribution in [3.05, 3.63) is 0 Å². The Kier molecular flexibility index (Phi) is 7.54. The van der Waals surface area contributed by atoms with Crippen LogP contribution in [0.25, 0.3) is 0 Å². The van der Waals surface area contributed by atoms with E-state index in [2.05, 4.69) is 17.6 Å². The quantitative estimate of drug-likeness (QED) is 0.645. The van der Waals surface area contributed by atoms with E-state index in [1.165, 1.54) is 4.90 Å². The first-order chi connectivity index (χ1) is 9.54. The van der Waals surface area contributed by atoms with Crippen molar-refractivity contribution < 1.29 is 14.3 Å². The number of likely N-dealkylation sites (N-methyl/N-ethyl adjacent to an activating group) is 1. The van der Waals surface area contributed by atoms with Gasteiger partial charge in [-0.25, -0.2) is 0 Å². The molecule has 0 aliphatic carbocycles. The zero-order chi connectivity index (χ0) is 15.0. The molecule has 1 saturated heterocycles. The standard InChI is InChI=1S/C14H27N3O3/c1-11-5-7-15-12(9-11)14(19)17(2)10-13(18)16-6-4-8-20-3/h11-12,15H,4-10H2,1-3H3,(H,16,18). The Labute approximate surface area is 121 Å². The highest BCUT2D eigenvalue weighted by molar-refractivity contribution is 5.87. The largest absolute Gasteiger partial charge is 0.385 e. The van der Waals surface area contributed by atoms with Crippen molar-refractivity contribution in [1.29, 1.82) is 0 Å². The maximum absolute atomic E-state index is 12.2. The molecule has 6 nitrogen and oxygen atoms in total. The fraction of sp³-hybridized carbons (Fsp3) is 0.857. The van der Waals surface area contributed by atoms with Crippen LogP contribution < -0.4 is 10.6 Å². The summed E-state index contributed by atoms with van der Waals surface area (Å²) in [5.41, 5.74) is 0. The molecule has 0 bridgehead atoms. The van der Waals surface area contributed by atoms with Crippen LogP contribution in [0.15, 0.2) is 0 Å². The van der Waals surface area contributed by atoms with Crippen molar-refractivity contribution in [1.82, 2.24) is 15.5 Å². The number of hydrogen-bond acceptors (Lipinski definition) is 4. The third-order valence-corrected chi connectivity index (χ3v) is 3.57. The van der Waals surface area contributed by atoms with Crippen molar-refractivity contribution in [2.75, 3.05) is 40.4 Å². The molecule has 0 aromatic carbocycles. The molecule has 2 N–H and O–H groups in total. The molecule has 1 aliphatic heterocycles. The summed E-state index contributed by atoms with van der Waals surface area (Å²) >= 11 is 0. The highest BCUT2D eigenvalue weighted by Gasteiger charge is 2.27. The Morgan fingerprint density at radius 2 is 2.20 bits per heavy atom. The lowest BCUT2D eigenvalue weighted by Gasteiger charge is -2.30. The molecular formula is C14H27N3O3. The molecule has 2 amide bonds. The Bertz CT molecular complexity index is 323. The van der Waals surface area contributed by atoms with Crippen LogP contribution >= 0.6 is 0 Å². The summed E-state index contributed by atoms with van der Waals surface area (Å²) in [7, 11) is 3.31. The molecule has 1 fully saturated rings. The fourth-order valence-corrected chi connectivity index (χ4v) is 2.36. The van der Waals surface area contributed by atoms with E-state index in [9.17, 15) is 9.59 Å². The second kappa shape index (κ2) is 8.92. The van der Waals surface area contributed by atoms with Gasteiger partial charge >= 0.3 is 0 Å². The van der Waals surface area contributed by atoms with Crippen molar-refractivity contribution in [3.8, 4) is 0 Å². The minimum Gasteiger partial charge on any atom is -0.385 e. The second-order valence-corrected chi connectivity index (χ2v) is 5.53. The molecule has 2 unspecified atom stereocenters. The fourth-order valence-electron chi connectivity index (χ4n) is 2.36. The van der Waals surface area contributed by atoms with Crippen molar-refractivity contribution in [3.63, 3.8) is 0 Å². The SMILES string of the molecule is COCCCNC(=O)CN(C)C(=O)C1CC(C)CCN1. The second-order valence-electron chi connectivity index (χ2n) is 5.53. The van der Waals surface area contributed by atoms with Crippen LogP contribution in [0.5, 0.6) is 0 Å². The number of nitrogens with zero attached hydrogens (tertiary/aromatic N) is 1. The Hall–Kier alpha value is -1.14. The minimum absolute atomic E-state index is 0.00333. The summed E-state index contributed by atoms with van der Waals surface area (Å²) in [6.07, 6.45) is 2.73. The van der Waals surface area contributed by atoms with Crippen molar-refractivity contribution >= 4 is 11.8 Å². The zero-order valence-corrected chi connectivity index (χ0v) is 12.8. The molecule has 0 spiro atoms. The number of ether oxygens (including phenoxy) is 1. The van der Waals surface area contributed by atoms with Gasteiger partial charge in [-0.2, -0.15) is 0 Å². The van der Waals surface area contributed by atoms with Crippen LogP contribution in [0.3, 0.4) is 0 Å². The van der Waals surface area contributed by atoms with E-state index in [0.29, 0.717) is 19.1 Å². The molecule has 1 rings (SSSR count). The number of nitrogens with one attached hydrogen (secondary N) is 2. The normalized spacial score (nSPS) is 22.4. The van der Waals surface area contributed by atoms with Crippen LogP contribution in [0.4, 0.5) is 0 Å². The van der Waals surface area contributed by atoms with Crippen molar-refractivity contribution in [2.45, 2.75) is 32.2 Å². The summed E-state index contributed by atoms with van der Waals surface area (Å²) in [5, 5.41) is 6.01. The van der Waals surface area contributed by atoms with Gasteiger partial charge in [-0.05, 0) is 31.7 Å². The van der Waals surface area contributed by atoms with Gasteiger partial charge in [-0.15, -0.1) is 0 Å². The zero-order valence-electron chi connectivity index (χ0n) is 12.8. The first-order valence-electron chi connectivity index (χ1n) is 7.28. The summed E-state index contributed by atoms with van der Waals surface area (Å²) < 4.78 is 4.91.